The van der Waals surface area contributed by atoms with E-state index in [0.717, 1.165) is 32.0 Å². The van der Waals surface area contributed by atoms with E-state index in [1.165, 1.54) is 38.2 Å². The molecule has 3 rings (SSSR count). The number of likely N-dealkylation sites (tertiary alicyclic amines) is 1. The van der Waals surface area contributed by atoms with Gasteiger partial charge < -0.3 is 20.4 Å². The van der Waals surface area contributed by atoms with Crippen LogP contribution in [0, 0.1) is 5.92 Å². The first-order valence-electron chi connectivity index (χ1n) is 9.62. The standard InChI is InChI=1S/C20H30N2O3/c23-18-8-4-5-16(13-18)19(24)14-21-20(25)15-9-11-22(12-10-15)17-6-2-1-3-7-17/h4-5,8,13,15,17,19,23-24H,1-3,6-7,9-12,14H2,(H,21,25). The van der Waals surface area contributed by atoms with Gasteiger partial charge in [-0.25, -0.2) is 0 Å². The van der Waals surface area contributed by atoms with E-state index < -0.39 is 6.10 Å². The van der Waals surface area contributed by atoms with Gasteiger partial charge in [0.25, 0.3) is 0 Å². The van der Waals surface area contributed by atoms with Crippen LogP contribution in [-0.2, 0) is 4.79 Å². The number of carbonyl (C=O) groups excluding carboxylic acids is 1. The number of nitrogens with zero attached hydrogens (tertiary/aromatic N) is 1. The van der Waals surface area contributed by atoms with E-state index in [9.17, 15) is 15.0 Å². The van der Waals surface area contributed by atoms with E-state index in [2.05, 4.69) is 10.2 Å². The number of aromatic hydroxyl groups is 1. The Morgan fingerprint density at radius 1 is 1.16 bits per heavy atom. The summed E-state index contributed by atoms with van der Waals surface area (Å²) in [6.07, 6.45) is 7.71. The first kappa shape index (κ1) is 18.2. The second kappa shape index (κ2) is 8.68. The third-order valence-electron chi connectivity index (χ3n) is 5.72. The Bertz CT molecular complexity index is 564. The highest BCUT2D eigenvalue weighted by Gasteiger charge is 2.29. The molecule has 25 heavy (non-hydrogen) atoms. The van der Waals surface area contributed by atoms with Crippen LogP contribution in [0.25, 0.3) is 0 Å². The summed E-state index contributed by atoms with van der Waals surface area (Å²) in [6.45, 7) is 2.21. The average Bonchev–Trinajstić information content (AvgIpc) is 2.66. The average molecular weight is 346 g/mol. The van der Waals surface area contributed by atoms with Crippen LogP contribution in [0.5, 0.6) is 5.75 Å². The number of phenolic OH excluding ortho intramolecular Hbond substituents is 1. The van der Waals surface area contributed by atoms with Crippen LogP contribution in [0.15, 0.2) is 24.3 Å². The molecule has 0 radical (unpaired) electrons. The van der Waals surface area contributed by atoms with Crippen molar-refractivity contribution in [1.29, 1.82) is 0 Å². The largest absolute Gasteiger partial charge is 0.508 e. The van der Waals surface area contributed by atoms with Crippen LogP contribution in [0.1, 0.15) is 56.6 Å². The molecule has 138 valence electrons. The number of aliphatic hydroxyl groups excluding tert-OH is 1. The Morgan fingerprint density at radius 2 is 1.88 bits per heavy atom. The third kappa shape index (κ3) is 4.95. The molecule has 1 amide bonds. The monoisotopic (exact) mass is 346 g/mol. The second-order valence-electron chi connectivity index (χ2n) is 7.46. The quantitative estimate of drug-likeness (QED) is 0.766. The van der Waals surface area contributed by atoms with Crippen molar-refractivity contribution in [2.75, 3.05) is 19.6 Å². The minimum atomic E-state index is -0.793. The zero-order valence-corrected chi connectivity index (χ0v) is 14.9. The lowest BCUT2D eigenvalue weighted by molar-refractivity contribution is -0.127. The Labute approximate surface area is 150 Å². The zero-order valence-electron chi connectivity index (χ0n) is 14.9. The summed E-state index contributed by atoms with van der Waals surface area (Å²) in [4.78, 5) is 15.0. The summed E-state index contributed by atoms with van der Waals surface area (Å²) in [6, 6.07) is 7.26. The minimum Gasteiger partial charge on any atom is -0.508 e. The molecule has 0 aromatic heterocycles. The lowest BCUT2D eigenvalue weighted by atomic mass is 9.90. The molecule has 1 aromatic rings. The minimum absolute atomic E-state index is 0.0440. The molecule has 1 aliphatic heterocycles. The number of hydrogen-bond donors (Lipinski definition) is 3. The molecular weight excluding hydrogens is 316 g/mol. The van der Waals surface area contributed by atoms with Gasteiger partial charge in [0.1, 0.15) is 5.75 Å². The van der Waals surface area contributed by atoms with Gasteiger partial charge in [-0.2, -0.15) is 0 Å². The molecular formula is C20H30N2O3. The Morgan fingerprint density at radius 3 is 2.56 bits per heavy atom. The summed E-state index contributed by atoms with van der Waals surface area (Å²) in [5, 5.41) is 22.5. The number of rotatable bonds is 5. The van der Waals surface area contributed by atoms with E-state index in [1.807, 2.05) is 0 Å². The first-order valence-corrected chi connectivity index (χ1v) is 9.62. The number of amides is 1. The van der Waals surface area contributed by atoms with Gasteiger partial charge >= 0.3 is 0 Å². The van der Waals surface area contributed by atoms with Crippen molar-refractivity contribution in [3.63, 3.8) is 0 Å². The Kier molecular flexibility index (Phi) is 6.32. The predicted molar refractivity (Wildman–Crippen MR) is 97.2 cm³/mol. The highest BCUT2D eigenvalue weighted by molar-refractivity contribution is 5.78. The molecule has 1 saturated carbocycles. The maximum absolute atomic E-state index is 12.4. The van der Waals surface area contributed by atoms with Gasteiger partial charge in [-0.05, 0) is 56.5 Å². The molecule has 0 spiro atoms. The summed E-state index contributed by atoms with van der Waals surface area (Å²) < 4.78 is 0. The van der Waals surface area contributed by atoms with E-state index in [0.29, 0.717) is 5.56 Å². The lowest BCUT2D eigenvalue weighted by Crippen LogP contribution is -2.45. The molecule has 2 aliphatic rings. The fraction of sp³-hybridized carbons (Fsp3) is 0.650. The van der Waals surface area contributed by atoms with Gasteiger partial charge in [0.15, 0.2) is 0 Å². The predicted octanol–water partition coefficient (Wildman–Crippen LogP) is 2.59. The second-order valence-corrected chi connectivity index (χ2v) is 7.46. The number of aliphatic hydroxyl groups is 1. The van der Waals surface area contributed by atoms with Crippen LogP contribution in [-0.4, -0.2) is 46.7 Å². The number of benzene rings is 1. The van der Waals surface area contributed by atoms with Crippen LogP contribution in [0.3, 0.4) is 0 Å². The van der Waals surface area contributed by atoms with Crippen molar-refractivity contribution in [2.24, 2.45) is 5.92 Å². The third-order valence-corrected chi connectivity index (χ3v) is 5.72. The maximum atomic E-state index is 12.4. The molecule has 1 heterocycles. The molecule has 0 bridgehead atoms. The lowest BCUT2D eigenvalue weighted by Gasteiger charge is -2.39. The fourth-order valence-electron chi connectivity index (χ4n) is 4.16. The van der Waals surface area contributed by atoms with Crippen LogP contribution in [0.2, 0.25) is 0 Å². The molecule has 1 saturated heterocycles. The van der Waals surface area contributed by atoms with Gasteiger partial charge in [0.2, 0.25) is 5.91 Å². The highest BCUT2D eigenvalue weighted by Crippen LogP contribution is 2.27. The van der Waals surface area contributed by atoms with Crippen molar-refractivity contribution in [2.45, 2.75) is 57.1 Å². The topological polar surface area (TPSA) is 72.8 Å². The van der Waals surface area contributed by atoms with Crippen molar-refractivity contribution >= 4 is 5.91 Å². The first-order chi connectivity index (χ1) is 12.1. The van der Waals surface area contributed by atoms with Crippen LogP contribution in [0.4, 0.5) is 0 Å². The zero-order chi connectivity index (χ0) is 17.6. The van der Waals surface area contributed by atoms with Crippen molar-refractivity contribution in [3.8, 4) is 5.75 Å². The van der Waals surface area contributed by atoms with Gasteiger partial charge in [0.05, 0.1) is 6.10 Å². The number of phenols is 1. The number of nitrogens with one attached hydrogen (secondary N) is 1. The molecule has 5 heteroatoms. The van der Waals surface area contributed by atoms with Gasteiger partial charge in [-0.15, -0.1) is 0 Å². The van der Waals surface area contributed by atoms with Crippen molar-refractivity contribution < 1.29 is 15.0 Å². The van der Waals surface area contributed by atoms with E-state index >= 15 is 0 Å². The van der Waals surface area contributed by atoms with E-state index in [4.69, 9.17) is 0 Å². The SMILES string of the molecule is O=C(NCC(O)c1cccc(O)c1)C1CCN(C2CCCCC2)CC1. The van der Waals surface area contributed by atoms with Gasteiger partial charge in [-0.3, -0.25) is 4.79 Å². The Balaban J connectivity index is 1.42. The number of piperidine rings is 1. The van der Waals surface area contributed by atoms with Crippen LogP contribution >= 0.6 is 0 Å². The summed E-state index contributed by atoms with van der Waals surface area (Å²) >= 11 is 0. The number of carbonyl (C=O) groups is 1. The Hall–Kier alpha value is -1.59. The maximum Gasteiger partial charge on any atom is 0.223 e. The molecule has 1 unspecified atom stereocenters. The smallest absolute Gasteiger partial charge is 0.223 e. The van der Waals surface area contributed by atoms with E-state index in [1.54, 1.807) is 18.2 Å². The molecule has 1 aliphatic carbocycles. The molecule has 1 atom stereocenters. The van der Waals surface area contributed by atoms with Gasteiger partial charge in [0, 0.05) is 18.5 Å². The summed E-state index contributed by atoms with van der Waals surface area (Å²) in [5.74, 6) is 0.219. The van der Waals surface area contributed by atoms with Crippen LogP contribution < -0.4 is 5.32 Å². The molecule has 5 nitrogen and oxygen atoms in total. The normalized spacial score (nSPS) is 21.8. The summed E-state index contributed by atoms with van der Waals surface area (Å²) in [5.41, 5.74) is 0.618. The molecule has 2 fully saturated rings. The molecule has 1 aromatic carbocycles. The van der Waals surface area contributed by atoms with E-state index in [-0.39, 0.29) is 24.1 Å². The highest BCUT2D eigenvalue weighted by atomic mass is 16.3. The number of hydrogen-bond acceptors (Lipinski definition) is 4. The molecule has 3 N–H and O–H groups in total. The van der Waals surface area contributed by atoms with Crippen molar-refractivity contribution in [1.82, 2.24) is 10.2 Å². The summed E-state index contributed by atoms with van der Waals surface area (Å²) in [7, 11) is 0. The van der Waals surface area contributed by atoms with Gasteiger partial charge in [-0.1, -0.05) is 31.4 Å². The fourth-order valence-corrected chi connectivity index (χ4v) is 4.16. The van der Waals surface area contributed by atoms with Crippen molar-refractivity contribution in [3.05, 3.63) is 29.8 Å².